The molecule has 1 aromatic carbocycles. The SMILES string of the molecule is CC(C)CNCc1[nH]c(=O)sc1-c1ccccc1. The van der Waals surface area contributed by atoms with Crippen LogP contribution in [0.3, 0.4) is 0 Å². The standard InChI is InChI=1S/C14H18N2OS/c1-10(2)8-15-9-12-13(18-14(17)16-12)11-6-4-3-5-7-11/h3-7,10,15H,8-9H2,1-2H3,(H,16,17). The van der Waals surface area contributed by atoms with Crippen LogP contribution in [-0.2, 0) is 6.54 Å². The molecule has 2 rings (SSSR count). The molecule has 1 heterocycles. The molecule has 0 atom stereocenters. The van der Waals surface area contributed by atoms with Crippen molar-refractivity contribution in [2.75, 3.05) is 6.54 Å². The molecule has 0 saturated carbocycles. The first-order valence-corrected chi connectivity index (χ1v) is 6.96. The number of rotatable bonds is 5. The van der Waals surface area contributed by atoms with Crippen molar-refractivity contribution in [1.29, 1.82) is 0 Å². The molecule has 0 aliphatic carbocycles. The summed E-state index contributed by atoms with van der Waals surface area (Å²) in [6.45, 7) is 6.00. The Balaban J connectivity index is 2.18. The van der Waals surface area contributed by atoms with Gasteiger partial charge in [0.05, 0.1) is 10.6 Å². The predicted molar refractivity (Wildman–Crippen MR) is 76.9 cm³/mol. The van der Waals surface area contributed by atoms with Crippen LogP contribution >= 0.6 is 11.3 Å². The van der Waals surface area contributed by atoms with E-state index in [1.165, 1.54) is 11.3 Å². The predicted octanol–water partition coefficient (Wildman–Crippen LogP) is 2.85. The number of H-pyrrole nitrogens is 1. The molecule has 4 heteroatoms. The largest absolute Gasteiger partial charge is 0.315 e. The number of hydrogen-bond acceptors (Lipinski definition) is 3. The van der Waals surface area contributed by atoms with Gasteiger partial charge in [-0.05, 0) is 18.0 Å². The number of aromatic amines is 1. The van der Waals surface area contributed by atoms with Crippen LogP contribution in [0, 0.1) is 5.92 Å². The van der Waals surface area contributed by atoms with Gasteiger partial charge in [-0.3, -0.25) is 4.79 Å². The number of aromatic nitrogens is 1. The Kier molecular flexibility index (Phi) is 4.33. The Hall–Kier alpha value is -1.39. The molecule has 1 aromatic heterocycles. The van der Waals surface area contributed by atoms with Crippen LogP contribution in [-0.4, -0.2) is 11.5 Å². The van der Waals surface area contributed by atoms with E-state index >= 15 is 0 Å². The third-order valence-electron chi connectivity index (χ3n) is 2.61. The minimum absolute atomic E-state index is 0.00944. The van der Waals surface area contributed by atoms with E-state index in [4.69, 9.17) is 0 Å². The molecule has 0 fully saturated rings. The van der Waals surface area contributed by atoms with E-state index in [9.17, 15) is 4.79 Å². The maximum absolute atomic E-state index is 11.5. The number of thiazole rings is 1. The minimum atomic E-state index is 0.00944. The highest BCUT2D eigenvalue weighted by Crippen LogP contribution is 2.24. The monoisotopic (exact) mass is 262 g/mol. The molecule has 2 N–H and O–H groups in total. The van der Waals surface area contributed by atoms with Gasteiger partial charge in [0.1, 0.15) is 0 Å². The van der Waals surface area contributed by atoms with Crippen LogP contribution in [0.2, 0.25) is 0 Å². The summed E-state index contributed by atoms with van der Waals surface area (Å²) in [6, 6.07) is 10.0. The average molecular weight is 262 g/mol. The Labute approximate surface area is 111 Å². The quantitative estimate of drug-likeness (QED) is 0.870. The van der Waals surface area contributed by atoms with Gasteiger partial charge in [0.2, 0.25) is 0 Å². The van der Waals surface area contributed by atoms with E-state index in [1.807, 2.05) is 30.3 Å². The molecule has 0 saturated heterocycles. The normalized spacial score (nSPS) is 11.1. The van der Waals surface area contributed by atoms with Gasteiger partial charge in [0.25, 0.3) is 0 Å². The van der Waals surface area contributed by atoms with Gasteiger partial charge in [-0.1, -0.05) is 55.5 Å². The van der Waals surface area contributed by atoms with Crippen molar-refractivity contribution in [2.24, 2.45) is 5.92 Å². The highest BCUT2D eigenvalue weighted by Gasteiger charge is 2.09. The lowest BCUT2D eigenvalue weighted by Crippen LogP contribution is -2.19. The zero-order chi connectivity index (χ0) is 13.0. The van der Waals surface area contributed by atoms with Crippen LogP contribution in [0.4, 0.5) is 0 Å². The van der Waals surface area contributed by atoms with Gasteiger partial charge < -0.3 is 10.3 Å². The fourth-order valence-electron chi connectivity index (χ4n) is 1.79. The molecule has 0 unspecified atom stereocenters. The second kappa shape index (κ2) is 5.98. The van der Waals surface area contributed by atoms with Gasteiger partial charge in [-0.15, -0.1) is 0 Å². The summed E-state index contributed by atoms with van der Waals surface area (Å²) in [4.78, 5) is 15.5. The highest BCUT2D eigenvalue weighted by atomic mass is 32.1. The fraction of sp³-hybridized carbons (Fsp3) is 0.357. The molecule has 0 aliphatic heterocycles. The smallest absolute Gasteiger partial charge is 0.305 e. The summed E-state index contributed by atoms with van der Waals surface area (Å²) < 4.78 is 0. The summed E-state index contributed by atoms with van der Waals surface area (Å²) in [5, 5.41) is 3.36. The van der Waals surface area contributed by atoms with Gasteiger partial charge in [0.15, 0.2) is 0 Å². The van der Waals surface area contributed by atoms with Gasteiger partial charge in [-0.2, -0.15) is 0 Å². The molecular weight excluding hydrogens is 244 g/mol. The first kappa shape index (κ1) is 13.1. The van der Waals surface area contributed by atoms with Crippen LogP contribution < -0.4 is 10.2 Å². The summed E-state index contributed by atoms with van der Waals surface area (Å²) in [5.74, 6) is 0.607. The summed E-state index contributed by atoms with van der Waals surface area (Å²) in [5.41, 5.74) is 2.08. The fourth-order valence-corrected chi connectivity index (χ4v) is 2.65. The first-order chi connectivity index (χ1) is 8.66. The van der Waals surface area contributed by atoms with E-state index in [2.05, 4.69) is 24.1 Å². The second-order valence-corrected chi connectivity index (χ2v) is 5.70. The Bertz CT molecular complexity index is 542. The molecule has 0 bridgehead atoms. The van der Waals surface area contributed by atoms with Gasteiger partial charge >= 0.3 is 4.87 Å². The molecule has 3 nitrogen and oxygen atoms in total. The molecule has 2 aromatic rings. The van der Waals surface area contributed by atoms with E-state index in [-0.39, 0.29) is 4.87 Å². The van der Waals surface area contributed by atoms with Crippen LogP contribution in [0.15, 0.2) is 35.1 Å². The second-order valence-electron chi connectivity index (χ2n) is 4.71. The van der Waals surface area contributed by atoms with Crippen molar-refractivity contribution in [3.63, 3.8) is 0 Å². The minimum Gasteiger partial charge on any atom is -0.315 e. The lowest BCUT2D eigenvalue weighted by molar-refractivity contribution is 0.549. The van der Waals surface area contributed by atoms with Crippen LogP contribution in [0.25, 0.3) is 10.4 Å². The van der Waals surface area contributed by atoms with Crippen molar-refractivity contribution in [3.05, 3.63) is 45.7 Å². The third kappa shape index (κ3) is 3.31. The summed E-state index contributed by atoms with van der Waals surface area (Å²) in [6.07, 6.45) is 0. The van der Waals surface area contributed by atoms with E-state index < -0.39 is 0 Å². The maximum Gasteiger partial charge on any atom is 0.305 e. The molecule has 96 valence electrons. The molecule has 0 aliphatic rings. The number of benzene rings is 1. The van der Waals surface area contributed by atoms with Crippen molar-refractivity contribution < 1.29 is 0 Å². The van der Waals surface area contributed by atoms with Crippen LogP contribution in [0.1, 0.15) is 19.5 Å². The van der Waals surface area contributed by atoms with Crippen LogP contribution in [0.5, 0.6) is 0 Å². The lowest BCUT2D eigenvalue weighted by atomic mass is 10.1. The van der Waals surface area contributed by atoms with Gasteiger partial charge in [0, 0.05) is 6.54 Å². The number of hydrogen-bond donors (Lipinski definition) is 2. The number of nitrogens with one attached hydrogen (secondary N) is 2. The van der Waals surface area contributed by atoms with E-state index in [0.717, 1.165) is 22.7 Å². The third-order valence-corrected chi connectivity index (χ3v) is 3.59. The van der Waals surface area contributed by atoms with E-state index in [1.54, 1.807) is 0 Å². The summed E-state index contributed by atoms with van der Waals surface area (Å²) in [7, 11) is 0. The Morgan fingerprint density at radius 1 is 1.28 bits per heavy atom. The molecule has 0 radical (unpaired) electrons. The first-order valence-electron chi connectivity index (χ1n) is 6.15. The topological polar surface area (TPSA) is 44.9 Å². The van der Waals surface area contributed by atoms with Crippen molar-refractivity contribution in [2.45, 2.75) is 20.4 Å². The van der Waals surface area contributed by atoms with Crippen molar-refractivity contribution in [3.8, 4) is 10.4 Å². The highest BCUT2D eigenvalue weighted by molar-refractivity contribution is 7.13. The molecular formula is C14H18N2OS. The Morgan fingerprint density at radius 2 is 2.00 bits per heavy atom. The Morgan fingerprint density at radius 3 is 2.67 bits per heavy atom. The average Bonchev–Trinajstić information content (AvgIpc) is 2.71. The zero-order valence-electron chi connectivity index (χ0n) is 10.7. The van der Waals surface area contributed by atoms with Gasteiger partial charge in [-0.25, -0.2) is 0 Å². The van der Waals surface area contributed by atoms with Crippen molar-refractivity contribution in [1.82, 2.24) is 10.3 Å². The molecule has 0 spiro atoms. The summed E-state index contributed by atoms with van der Waals surface area (Å²) >= 11 is 1.28. The van der Waals surface area contributed by atoms with E-state index in [0.29, 0.717) is 12.5 Å². The molecule has 18 heavy (non-hydrogen) atoms. The van der Waals surface area contributed by atoms with Crippen molar-refractivity contribution >= 4 is 11.3 Å². The maximum atomic E-state index is 11.5. The molecule has 0 amide bonds. The zero-order valence-corrected chi connectivity index (χ0v) is 11.5. The lowest BCUT2D eigenvalue weighted by Gasteiger charge is -2.07.